The molecule has 3 aromatic carbocycles. The molecule has 0 aliphatic carbocycles. The highest BCUT2D eigenvalue weighted by Gasteiger charge is 2.29. The van der Waals surface area contributed by atoms with Gasteiger partial charge in [-0.15, -0.1) is 0 Å². The standard InChI is InChI=1S/C30H34ClN3O4/c1-33(2)32-30(35)25-9-4-5-14-34(25)19-22-11-10-20(17-27(22)36-3)23-7-6-8-24(29(23)31)21-12-13-26-28(18-21)38-16-15-37-26/h6-8,10-13,17-18,25H,4-5,9,14-16,19H2,1-3H3,(H,32,35). The maximum absolute atomic E-state index is 12.8. The number of benzene rings is 3. The van der Waals surface area contributed by atoms with Crippen molar-refractivity contribution in [1.29, 1.82) is 0 Å². The summed E-state index contributed by atoms with van der Waals surface area (Å²) >= 11 is 6.98. The van der Waals surface area contributed by atoms with Gasteiger partial charge >= 0.3 is 0 Å². The highest BCUT2D eigenvalue weighted by atomic mass is 35.5. The summed E-state index contributed by atoms with van der Waals surface area (Å²) in [5.41, 5.74) is 7.74. The van der Waals surface area contributed by atoms with Crippen LogP contribution >= 0.6 is 11.6 Å². The number of fused-ring (bicyclic) bond motifs is 1. The highest BCUT2D eigenvalue weighted by Crippen LogP contribution is 2.41. The number of piperidine rings is 1. The molecular weight excluding hydrogens is 502 g/mol. The zero-order chi connectivity index (χ0) is 26.6. The number of methoxy groups -OCH3 is 1. The van der Waals surface area contributed by atoms with E-state index in [2.05, 4.69) is 22.5 Å². The minimum atomic E-state index is -0.160. The molecular formula is C30H34ClN3O4. The summed E-state index contributed by atoms with van der Waals surface area (Å²) in [5.74, 6) is 2.30. The van der Waals surface area contributed by atoms with E-state index in [9.17, 15) is 4.79 Å². The van der Waals surface area contributed by atoms with E-state index in [1.165, 1.54) is 0 Å². The van der Waals surface area contributed by atoms with Crippen molar-refractivity contribution in [3.8, 4) is 39.5 Å². The van der Waals surface area contributed by atoms with Gasteiger partial charge in [0, 0.05) is 37.3 Å². The molecule has 1 amide bonds. The number of rotatable bonds is 7. The maximum Gasteiger partial charge on any atom is 0.251 e. The summed E-state index contributed by atoms with van der Waals surface area (Å²) in [6.07, 6.45) is 2.98. The first kappa shape index (κ1) is 26.4. The summed E-state index contributed by atoms with van der Waals surface area (Å²) in [4.78, 5) is 15.1. The van der Waals surface area contributed by atoms with Gasteiger partial charge in [0.25, 0.3) is 5.91 Å². The van der Waals surface area contributed by atoms with Gasteiger partial charge in [0.1, 0.15) is 19.0 Å². The fraction of sp³-hybridized carbons (Fsp3) is 0.367. The molecule has 0 aromatic heterocycles. The molecule has 8 heteroatoms. The molecule has 0 saturated carbocycles. The number of halogens is 1. The lowest BCUT2D eigenvalue weighted by Crippen LogP contribution is -2.52. The van der Waals surface area contributed by atoms with Crippen LogP contribution in [-0.4, -0.2) is 62.8 Å². The molecule has 2 aliphatic rings. The van der Waals surface area contributed by atoms with Gasteiger partial charge in [0.2, 0.25) is 0 Å². The van der Waals surface area contributed by atoms with Crippen molar-refractivity contribution < 1.29 is 19.0 Å². The average molecular weight is 536 g/mol. The fourth-order valence-electron chi connectivity index (χ4n) is 5.22. The lowest BCUT2D eigenvalue weighted by molar-refractivity contribution is -0.131. The first-order valence-electron chi connectivity index (χ1n) is 13.0. The molecule has 38 heavy (non-hydrogen) atoms. The van der Waals surface area contributed by atoms with Crippen LogP contribution in [0.2, 0.25) is 5.02 Å². The Morgan fingerprint density at radius 3 is 2.47 bits per heavy atom. The van der Waals surface area contributed by atoms with Gasteiger partial charge in [0.05, 0.1) is 18.2 Å². The molecule has 1 saturated heterocycles. The van der Waals surface area contributed by atoms with Crippen LogP contribution in [0.15, 0.2) is 54.6 Å². The van der Waals surface area contributed by atoms with Crippen LogP contribution in [0.1, 0.15) is 24.8 Å². The van der Waals surface area contributed by atoms with Crippen molar-refractivity contribution in [1.82, 2.24) is 15.3 Å². The second kappa shape index (κ2) is 11.6. The van der Waals surface area contributed by atoms with E-state index in [0.717, 1.165) is 70.9 Å². The van der Waals surface area contributed by atoms with Crippen LogP contribution in [0, 0.1) is 0 Å². The van der Waals surface area contributed by atoms with Gasteiger partial charge < -0.3 is 14.2 Å². The Labute approximate surface area is 229 Å². The van der Waals surface area contributed by atoms with Gasteiger partial charge in [0.15, 0.2) is 11.5 Å². The molecule has 2 heterocycles. The lowest BCUT2D eigenvalue weighted by Gasteiger charge is -2.35. The molecule has 5 rings (SSSR count). The zero-order valence-electron chi connectivity index (χ0n) is 22.1. The van der Waals surface area contributed by atoms with Crippen molar-refractivity contribution >= 4 is 17.5 Å². The minimum Gasteiger partial charge on any atom is -0.496 e. The smallest absolute Gasteiger partial charge is 0.251 e. The molecule has 3 aromatic rings. The van der Waals surface area contributed by atoms with E-state index in [-0.39, 0.29) is 11.9 Å². The summed E-state index contributed by atoms with van der Waals surface area (Å²) in [5, 5.41) is 2.36. The first-order valence-corrected chi connectivity index (χ1v) is 13.4. The number of nitrogens with zero attached hydrogens (tertiary/aromatic N) is 2. The van der Waals surface area contributed by atoms with E-state index >= 15 is 0 Å². The number of carbonyl (C=O) groups is 1. The topological polar surface area (TPSA) is 63.3 Å². The van der Waals surface area contributed by atoms with E-state index in [1.807, 2.05) is 56.6 Å². The van der Waals surface area contributed by atoms with Crippen LogP contribution in [0.25, 0.3) is 22.3 Å². The molecule has 0 spiro atoms. The Kier molecular flexibility index (Phi) is 8.07. The summed E-state index contributed by atoms with van der Waals surface area (Å²) in [6.45, 7) is 2.61. The number of nitrogens with one attached hydrogen (secondary N) is 1. The van der Waals surface area contributed by atoms with Gasteiger partial charge in [-0.2, -0.15) is 0 Å². The second-order valence-corrected chi connectivity index (χ2v) is 10.3. The second-order valence-electron chi connectivity index (χ2n) is 9.90. The van der Waals surface area contributed by atoms with Crippen molar-refractivity contribution in [2.24, 2.45) is 0 Å². The molecule has 200 valence electrons. The largest absolute Gasteiger partial charge is 0.496 e. The molecule has 0 radical (unpaired) electrons. The molecule has 1 N–H and O–H groups in total. The Morgan fingerprint density at radius 2 is 1.74 bits per heavy atom. The number of likely N-dealkylation sites (tertiary alicyclic amines) is 1. The predicted molar refractivity (Wildman–Crippen MR) is 150 cm³/mol. The lowest BCUT2D eigenvalue weighted by atomic mass is 9.96. The van der Waals surface area contributed by atoms with Gasteiger partial charge in [-0.3, -0.25) is 15.1 Å². The number of hydrogen-bond donors (Lipinski definition) is 1. The van der Waals surface area contributed by atoms with Crippen LogP contribution in [0.3, 0.4) is 0 Å². The van der Waals surface area contributed by atoms with Crippen LogP contribution in [-0.2, 0) is 11.3 Å². The molecule has 1 atom stereocenters. The van der Waals surface area contributed by atoms with Crippen LogP contribution in [0.4, 0.5) is 0 Å². The van der Waals surface area contributed by atoms with Crippen LogP contribution < -0.4 is 19.6 Å². The monoisotopic (exact) mass is 535 g/mol. The van der Waals surface area contributed by atoms with E-state index in [0.29, 0.717) is 24.8 Å². The Bertz CT molecular complexity index is 1310. The molecule has 1 fully saturated rings. The number of ether oxygens (including phenoxy) is 3. The quantitative estimate of drug-likeness (QED) is 0.409. The Hall–Kier alpha value is -3.26. The van der Waals surface area contributed by atoms with E-state index in [4.69, 9.17) is 25.8 Å². The third kappa shape index (κ3) is 5.60. The van der Waals surface area contributed by atoms with Crippen molar-refractivity contribution in [3.63, 3.8) is 0 Å². The summed E-state index contributed by atoms with van der Waals surface area (Å²) in [6, 6.07) is 18.0. The van der Waals surface area contributed by atoms with Crippen molar-refractivity contribution in [2.75, 3.05) is 41.0 Å². The Morgan fingerprint density at radius 1 is 1.03 bits per heavy atom. The van der Waals surface area contributed by atoms with Gasteiger partial charge in [-0.25, -0.2) is 5.01 Å². The highest BCUT2D eigenvalue weighted by molar-refractivity contribution is 6.36. The summed E-state index contributed by atoms with van der Waals surface area (Å²) < 4.78 is 17.3. The number of amides is 1. The third-order valence-corrected chi connectivity index (χ3v) is 7.48. The minimum absolute atomic E-state index is 0.0352. The SMILES string of the molecule is COc1cc(-c2cccc(-c3ccc4c(c3)OCCO4)c2Cl)ccc1CN1CCCCC1C(=O)NN(C)C. The van der Waals surface area contributed by atoms with E-state index < -0.39 is 0 Å². The van der Waals surface area contributed by atoms with Crippen molar-refractivity contribution in [3.05, 3.63) is 65.2 Å². The molecule has 7 nitrogen and oxygen atoms in total. The third-order valence-electron chi connectivity index (χ3n) is 7.07. The Balaban J connectivity index is 1.41. The molecule has 1 unspecified atom stereocenters. The van der Waals surface area contributed by atoms with Gasteiger partial charge in [-0.1, -0.05) is 54.4 Å². The normalized spacial score (nSPS) is 17.3. The maximum atomic E-state index is 12.8. The zero-order valence-corrected chi connectivity index (χ0v) is 22.9. The predicted octanol–water partition coefficient (Wildman–Crippen LogP) is 5.40. The van der Waals surface area contributed by atoms with Crippen LogP contribution in [0.5, 0.6) is 17.2 Å². The number of hydrazine groups is 1. The fourth-order valence-corrected chi connectivity index (χ4v) is 5.57. The summed E-state index contributed by atoms with van der Waals surface area (Å²) in [7, 11) is 5.35. The first-order chi connectivity index (χ1) is 18.4. The molecule has 0 bridgehead atoms. The van der Waals surface area contributed by atoms with E-state index in [1.54, 1.807) is 12.1 Å². The number of carbonyl (C=O) groups excluding carboxylic acids is 1. The number of hydrogen-bond acceptors (Lipinski definition) is 6. The molecule has 2 aliphatic heterocycles. The average Bonchev–Trinajstić information content (AvgIpc) is 2.93. The van der Waals surface area contributed by atoms with Crippen molar-refractivity contribution in [2.45, 2.75) is 31.8 Å². The van der Waals surface area contributed by atoms with Gasteiger partial charge in [-0.05, 0) is 48.7 Å².